The maximum absolute atomic E-state index is 5.72. The van der Waals surface area contributed by atoms with Crippen LogP contribution in [0.15, 0.2) is 29.4 Å². The van der Waals surface area contributed by atoms with E-state index in [1.165, 1.54) is 6.42 Å². The van der Waals surface area contributed by atoms with Gasteiger partial charge in [0.15, 0.2) is 6.29 Å². The van der Waals surface area contributed by atoms with Crippen LogP contribution in [-0.2, 0) is 14.3 Å². The fraction of sp³-hybridized carbons (Fsp3) is 0.533. The van der Waals surface area contributed by atoms with Crippen molar-refractivity contribution in [2.45, 2.75) is 31.7 Å². The molecule has 5 heteroatoms. The van der Waals surface area contributed by atoms with Crippen LogP contribution in [0.2, 0.25) is 0 Å². The van der Waals surface area contributed by atoms with Gasteiger partial charge in [-0.1, -0.05) is 17.3 Å². The van der Waals surface area contributed by atoms with Gasteiger partial charge < -0.3 is 19.0 Å². The standard InChI is InChI=1S/C15H19NO4/c1-2-7-14(19-11-15-17-8-9-18-15)12(4-1)10-16-20-13-5-3-6-13/h1-2,4,7,10,13,15H,3,5-6,8-9,11H2/b16-10+. The van der Waals surface area contributed by atoms with Crippen LogP contribution in [0.3, 0.4) is 0 Å². The third kappa shape index (κ3) is 3.49. The Kier molecular flexibility index (Phi) is 4.50. The minimum atomic E-state index is -0.272. The number of benzene rings is 1. The molecule has 1 aliphatic heterocycles. The fourth-order valence-corrected chi connectivity index (χ4v) is 2.03. The molecule has 0 bridgehead atoms. The zero-order valence-electron chi connectivity index (χ0n) is 11.4. The zero-order valence-corrected chi connectivity index (χ0v) is 11.4. The first kappa shape index (κ1) is 13.4. The molecule has 0 atom stereocenters. The lowest BCUT2D eigenvalue weighted by Crippen LogP contribution is -2.19. The van der Waals surface area contributed by atoms with Gasteiger partial charge in [0.05, 0.1) is 19.4 Å². The Bertz CT molecular complexity index is 453. The molecule has 0 spiro atoms. The number of para-hydroxylation sites is 1. The molecule has 2 fully saturated rings. The molecule has 1 aliphatic carbocycles. The molecule has 2 aliphatic rings. The van der Waals surface area contributed by atoms with E-state index in [-0.39, 0.29) is 6.29 Å². The molecule has 1 aromatic carbocycles. The van der Waals surface area contributed by atoms with E-state index < -0.39 is 0 Å². The Labute approximate surface area is 118 Å². The number of oxime groups is 1. The van der Waals surface area contributed by atoms with Crippen molar-refractivity contribution in [2.24, 2.45) is 5.16 Å². The van der Waals surface area contributed by atoms with Crippen LogP contribution >= 0.6 is 0 Å². The molecule has 0 N–H and O–H groups in total. The largest absolute Gasteiger partial charge is 0.488 e. The highest BCUT2D eigenvalue weighted by Crippen LogP contribution is 2.22. The predicted octanol–water partition coefficient (Wildman–Crippen LogP) is 2.34. The van der Waals surface area contributed by atoms with Crippen LogP contribution in [0, 0.1) is 0 Å². The second-order valence-electron chi connectivity index (χ2n) is 4.91. The summed E-state index contributed by atoms with van der Waals surface area (Å²) in [7, 11) is 0. The summed E-state index contributed by atoms with van der Waals surface area (Å²) in [6, 6.07) is 7.72. The highest BCUT2D eigenvalue weighted by Gasteiger charge is 2.19. The minimum Gasteiger partial charge on any atom is -0.488 e. The van der Waals surface area contributed by atoms with Gasteiger partial charge in [-0.25, -0.2) is 0 Å². The first-order chi connectivity index (χ1) is 9.92. The normalized spacial score (nSPS) is 20.2. The molecule has 1 aromatic rings. The maximum Gasteiger partial charge on any atom is 0.191 e. The average Bonchev–Trinajstić information content (AvgIpc) is 2.93. The van der Waals surface area contributed by atoms with Crippen molar-refractivity contribution in [2.75, 3.05) is 19.8 Å². The number of ether oxygens (including phenoxy) is 3. The fourth-order valence-electron chi connectivity index (χ4n) is 2.03. The molecule has 0 aromatic heterocycles. The van der Waals surface area contributed by atoms with Gasteiger partial charge in [-0.15, -0.1) is 0 Å². The lowest BCUT2D eigenvalue weighted by molar-refractivity contribution is -0.0684. The van der Waals surface area contributed by atoms with Crippen LogP contribution in [0.1, 0.15) is 24.8 Å². The van der Waals surface area contributed by atoms with Crippen molar-refractivity contribution in [1.82, 2.24) is 0 Å². The van der Waals surface area contributed by atoms with Gasteiger partial charge in [0.2, 0.25) is 0 Å². The Balaban J connectivity index is 1.55. The van der Waals surface area contributed by atoms with Crippen LogP contribution in [0.5, 0.6) is 5.75 Å². The van der Waals surface area contributed by atoms with E-state index in [1.54, 1.807) is 6.21 Å². The van der Waals surface area contributed by atoms with Gasteiger partial charge in [-0.3, -0.25) is 0 Å². The topological polar surface area (TPSA) is 49.3 Å². The van der Waals surface area contributed by atoms with Crippen LogP contribution in [0.25, 0.3) is 0 Å². The summed E-state index contributed by atoms with van der Waals surface area (Å²) in [5.74, 6) is 0.757. The maximum atomic E-state index is 5.72. The molecule has 1 saturated heterocycles. The lowest BCUT2D eigenvalue weighted by atomic mass is 9.97. The molecule has 3 rings (SSSR count). The summed E-state index contributed by atoms with van der Waals surface area (Å²) < 4.78 is 16.4. The monoisotopic (exact) mass is 277 g/mol. The van der Waals surface area contributed by atoms with Gasteiger partial charge >= 0.3 is 0 Å². The van der Waals surface area contributed by atoms with Gasteiger partial charge in [0.1, 0.15) is 18.5 Å². The highest BCUT2D eigenvalue weighted by atomic mass is 16.7. The number of rotatable bonds is 6. The SMILES string of the molecule is C(=N\OC1CCC1)/c1ccccc1OCC1OCCO1. The van der Waals surface area contributed by atoms with Crippen LogP contribution < -0.4 is 4.74 Å². The van der Waals surface area contributed by atoms with Crippen molar-refractivity contribution in [3.05, 3.63) is 29.8 Å². The van der Waals surface area contributed by atoms with Crippen molar-refractivity contribution < 1.29 is 19.0 Å². The molecule has 108 valence electrons. The summed E-state index contributed by atoms with van der Waals surface area (Å²) in [5, 5.41) is 4.04. The molecule has 0 unspecified atom stereocenters. The summed E-state index contributed by atoms with van der Waals surface area (Å²) in [6.45, 7) is 1.65. The van der Waals surface area contributed by atoms with E-state index in [2.05, 4.69) is 5.16 Å². The van der Waals surface area contributed by atoms with Crippen LogP contribution in [-0.4, -0.2) is 38.4 Å². The predicted molar refractivity (Wildman–Crippen MR) is 73.9 cm³/mol. The highest BCUT2D eigenvalue weighted by molar-refractivity contribution is 5.83. The van der Waals surface area contributed by atoms with Gasteiger partial charge in [-0.2, -0.15) is 0 Å². The third-order valence-electron chi connectivity index (χ3n) is 3.44. The number of hydrogen-bond donors (Lipinski definition) is 0. The number of hydrogen-bond acceptors (Lipinski definition) is 5. The lowest BCUT2D eigenvalue weighted by Gasteiger charge is -2.22. The summed E-state index contributed by atoms with van der Waals surface area (Å²) in [6.07, 6.45) is 5.16. The van der Waals surface area contributed by atoms with E-state index in [4.69, 9.17) is 19.0 Å². The molecule has 1 saturated carbocycles. The second kappa shape index (κ2) is 6.72. The van der Waals surface area contributed by atoms with Crippen molar-refractivity contribution in [3.63, 3.8) is 0 Å². The molecular weight excluding hydrogens is 258 g/mol. The second-order valence-corrected chi connectivity index (χ2v) is 4.91. The molecular formula is C15H19NO4. The van der Waals surface area contributed by atoms with Gasteiger partial charge in [0, 0.05) is 5.56 Å². The minimum absolute atomic E-state index is 0.272. The summed E-state index contributed by atoms with van der Waals surface area (Å²) in [5.41, 5.74) is 0.893. The molecule has 0 radical (unpaired) electrons. The molecule has 5 nitrogen and oxygen atoms in total. The quantitative estimate of drug-likeness (QED) is 0.591. The first-order valence-corrected chi connectivity index (χ1v) is 7.06. The first-order valence-electron chi connectivity index (χ1n) is 7.06. The van der Waals surface area contributed by atoms with E-state index in [0.717, 1.165) is 24.2 Å². The Hall–Kier alpha value is -1.59. The van der Waals surface area contributed by atoms with E-state index in [9.17, 15) is 0 Å². The van der Waals surface area contributed by atoms with Crippen molar-refractivity contribution in [3.8, 4) is 5.75 Å². The van der Waals surface area contributed by atoms with E-state index in [0.29, 0.717) is 25.9 Å². The summed E-state index contributed by atoms with van der Waals surface area (Å²) in [4.78, 5) is 5.38. The van der Waals surface area contributed by atoms with E-state index >= 15 is 0 Å². The Morgan fingerprint density at radius 1 is 1.20 bits per heavy atom. The molecule has 0 amide bonds. The zero-order chi connectivity index (χ0) is 13.6. The molecule has 20 heavy (non-hydrogen) atoms. The molecule has 1 heterocycles. The third-order valence-corrected chi connectivity index (χ3v) is 3.44. The average molecular weight is 277 g/mol. The van der Waals surface area contributed by atoms with Gasteiger partial charge in [0.25, 0.3) is 0 Å². The smallest absolute Gasteiger partial charge is 0.191 e. The summed E-state index contributed by atoms with van der Waals surface area (Å²) >= 11 is 0. The van der Waals surface area contributed by atoms with Crippen molar-refractivity contribution >= 4 is 6.21 Å². The van der Waals surface area contributed by atoms with E-state index in [1.807, 2.05) is 24.3 Å². The Morgan fingerprint density at radius 3 is 2.75 bits per heavy atom. The Morgan fingerprint density at radius 2 is 2.00 bits per heavy atom. The van der Waals surface area contributed by atoms with Gasteiger partial charge in [-0.05, 0) is 31.4 Å². The van der Waals surface area contributed by atoms with Crippen LogP contribution in [0.4, 0.5) is 0 Å². The van der Waals surface area contributed by atoms with Crippen molar-refractivity contribution in [1.29, 1.82) is 0 Å². The number of nitrogens with zero attached hydrogens (tertiary/aromatic N) is 1.